The first-order valence-electron chi connectivity index (χ1n) is 6.93. The maximum Gasteiger partial charge on any atom is 0.325 e. The number of ether oxygens (including phenoxy) is 1. The van der Waals surface area contributed by atoms with Gasteiger partial charge in [0.1, 0.15) is 17.2 Å². The molecule has 0 spiro atoms. The van der Waals surface area contributed by atoms with Gasteiger partial charge in [-0.15, -0.1) is 22.7 Å². The molecule has 0 atom stereocenters. The van der Waals surface area contributed by atoms with Crippen LogP contribution in [0, 0.1) is 0 Å². The summed E-state index contributed by atoms with van der Waals surface area (Å²) < 4.78 is 4.52. The van der Waals surface area contributed by atoms with Crippen molar-refractivity contribution in [3.8, 4) is 10.7 Å². The largest absolute Gasteiger partial charge is 0.468 e. The summed E-state index contributed by atoms with van der Waals surface area (Å²) in [6.07, 6.45) is 3.92. The number of rotatable bonds is 6. The molecular weight excluding hydrogens is 334 g/mol. The first-order valence-corrected chi connectivity index (χ1v) is 8.69. The van der Waals surface area contributed by atoms with Crippen LogP contribution in [-0.4, -0.2) is 47.4 Å². The smallest absolute Gasteiger partial charge is 0.325 e. The van der Waals surface area contributed by atoms with E-state index in [9.17, 15) is 9.59 Å². The Morgan fingerprint density at radius 1 is 1.30 bits per heavy atom. The zero-order valence-corrected chi connectivity index (χ0v) is 14.7. The van der Waals surface area contributed by atoms with Gasteiger partial charge in [-0.25, -0.2) is 9.97 Å². The number of hydrogen-bond acceptors (Lipinski definition) is 7. The second-order valence-corrected chi connectivity index (χ2v) is 6.46. The van der Waals surface area contributed by atoms with E-state index in [2.05, 4.69) is 21.6 Å². The SMILES string of the molecule is CCc1nc(-c2nc(C=CC(=O)N(C)CC(=O)OC)cs2)cs1. The van der Waals surface area contributed by atoms with Gasteiger partial charge in [0.25, 0.3) is 0 Å². The van der Waals surface area contributed by atoms with Gasteiger partial charge in [-0.05, 0) is 12.5 Å². The fourth-order valence-electron chi connectivity index (χ4n) is 1.67. The summed E-state index contributed by atoms with van der Waals surface area (Å²) in [6.45, 7) is 1.98. The number of thiazole rings is 2. The zero-order valence-electron chi connectivity index (χ0n) is 13.1. The Morgan fingerprint density at radius 2 is 2.09 bits per heavy atom. The molecule has 1 amide bonds. The average Bonchev–Trinajstić information content (AvgIpc) is 3.20. The van der Waals surface area contributed by atoms with Crippen molar-refractivity contribution in [1.29, 1.82) is 0 Å². The minimum Gasteiger partial charge on any atom is -0.468 e. The summed E-state index contributed by atoms with van der Waals surface area (Å²) in [6, 6.07) is 0. The van der Waals surface area contributed by atoms with E-state index in [1.807, 2.05) is 10.8 Å². The van der Waals surface area contributed by atoms with Gasteiger partial charge >= 0.3 is 5.97 Å². The lowest BCUT2D eigenvalue weighted by atomic mass is 10.3. The highest BCUT2D eigenvalue weighted by atomic mass is 32.1. The maximum absolute atomic E-state index is 11.9. The van der Waals surface area contributed by atoms with Crippen molar-refractivity contribution in [3.05, 3.63) is 27.5 Å². The topological polar surface area (TPSA) is 72.4 Å². The molecule has 6 nitrogen and oxygen atoms in total. The highest BCUT2D eigenvalue weighted by Crippen LogP contribution is 2.25. The Morgan fingerprint density at radius 3 is 2.74 bits per heavy atom. The van der Waals surface area contributed by atoms with Crippen LogP contribution in [0.4, 0.5) is 0 Å². The van der Waals surface area contributed by atoms with E-state index in [1.54, 1.807) is 17.4 Å². The molecule has 23 heavy (non-hydrogen) atoms. The number of hydrogen-bond donors (Lipinski definition) is 0. The molecule has 0 radical (unpaired) electrons. The second-order valence-electron chi connectivity index (χ2n) is 4.66. The van der Waals surface area contributed by atoms with Crippen molar-refractivity contribution >= 4 is 40.6 Å². The van der Waals surface area contributed by atoms with Gasteiger partial charge in [-0.2, -0.15) is 0 Å². The molecule has 2 rings (SSSR count). The van der Waals surface area contributed by atoms with E-state index < -0.39 is 5.97 Å². The Labute approximate surface area is 142 Å². The van der Waals surface area contributed by atoms with E-state index in [-0.39, 0.29) is 12.5 Å². The molecule has 0 unspecified atom stereocenters. The number of nitrogens with zero attached hydrogens (tertiary/aromatic N) is 3. The molecule has 0 fully saturated rings. The lowest BCUT2D eigenvalue weighted by Gasteiger charge is -2.12. The van der Waals surface area contributed by atoms with E-state index in [0.29, 0.717) is 5.69 Å². The van der Waals surface area contributed by atoms with Crippen LogP contribution in [0.5, 0.6) is 0 Å². The van der Waals surface area contributed by atoms with Gasteiger partial charge < -0.3 is 9.64 Å². The average molecular weight is 351 g/mol. The number of carbonyl (C=O) groups excluding carboxylic acids is 2. The maximum atomic E-state index is 11.9. The second kappa shape index (κ2) is 7.98. The third-order valence-corrected chi connectivity index (χ3v) is 4.84. The van der Waals surface area contributed by atoms with Crippen LogP contribution in [0.2, 0.25) is 0 Å². The molecule has 0 aliphatic heterocycles. The number of amides is 1. The number of aryl methyl sites for hydroxylation is 1. The van der Waals surface area contributed by atoms with Crippen molar-refractivity contribution < 1.29 is 14.3 Å². The molecule has 0 N–H and O–H groups in total. The van der Waals surface area contributed by atoms with Crippen LogP contribution in [0.15, 0.2) is 16.8 Å². The highest BCUT2D eigenvalue weighted by molar-refractivity contribution is 7.14. The molecule has 0 aliphatic carbocycles. The molecule has 122 valence electrons. The van der Waals surface area contributed by atoms with Gasteiger partial charge in [-0.1, -0.05) is 6.92 Å². The first kappa shape index (κ1) is 17.3. The van der Waals surface area contributed by atoms with Crippen LogP contribution in [0.1, 0.15) is 17.6 Å². The Hall–Kier alpha value is -2.06. The molecule has 0 aliphatic rings. The van der Waals surface area contributed by atoms with E-state index in [0.717, 1.165) is 22.1 Å². The van der Waals surface area contributed by atoms with Gasteiger partial charge in [0.2, 0.25) is 5.91 Å². The van der Waals surface area contributed by atoms with Crippen LogP contribution in [0.25, 0.3) is 16.8 Å². The van der Waals surface area contributed by atoms with E-state index in [1.165, 1.54) is 36.5 Å². The van der Waals surface area contributed by atoms with E-state index in [4.69, 9.17) is 0 Å². The molecule has 2 heterocycles. The standard InChI is InChI=1S/C15H17N3O3S2/c1-4-12-17-11(9-22-12)15-16-10(8-23-15)5-6-13(19)18(2)7-14(20)21-3/h5-6,8-9H,4,7H2,1-3H3. The lowest BCUT2D eigenvalue weighted by molar-refractivity contribution is -0.144. The summed E-state index contributed by atoms with van der Waals surface area (Å²) in [5.74, 6) is -0.743. The summed E-state index contributed by atoms with van der Waals surface area (Å²) in [5, 5.41) is 5.76. The van der Waals surface area contributed by atoms with Crippen LogP contribution < -0.4 is 0 Å². The predicted octanol–water partition coefficient (Wildman–Crippen LogP) is 2.47. The molecule has 8 heteroatoms. The highest BCUT2D eigenvalue weighted by Gasteiger charge is 2.11. The molecule has 0 saturated heterocycles. The van der Waals surface area contributed by atoms with Crippen molar-refractivity contribution in [2.75, 3.05) is 20.7 Å². The summed E-state index contributed by atoms with van der Waals surface area (Å²) in [5.41, 5.74) is 1.56. The van der Waals surface area contributed by atoms with Crippen molar-refractivity contribution in [2.45, 2.75) is 13.3 Å². The van der Waals surface area contributed by atoms with Crippen LogP contribution in [0.3, 0.4) is 0 Å². The number of esters is 1. The van der Waals surface area contributed by atoms with Gasteiger partial charge in [-0.3, -0.25) is 9.59 Å². The third kappa shape index (κ3) is 4.70. The lowest BCUT2D eigenvalue weighted by Crippen LogP contribution is -2.31. The first-order chi connectivity index (χ1) is 11.0. The monoisotopic (exact) mass is 351 g/mol. The number of carbonyl (C=O) groups is 2. The fraction of sp³-hybridized carbons (Fsp3) is 0.333. The van der Waals surface area contributed by atoms with Gasteiger partial charge in [0.15, 0.2) is 0 Å². The molecule has 2 aromatic rings. The molecular formula is C15H17N3O3S2. The Balaban J connectivity index is 2.00. The van der Waals surface area contributed by atoms with Gasteiger partial charge in [0.05, 0.1) is 17.8 Å². The summed E-state index contributed by atoms with van der Waals surface area (Å²) >= 11 is 3.10. The van der Waals surface area contributed by atoms with Gasteiger partial charge in [0, 0.05) is 23.9 Å². The van der Waals surface area contributed by atoms with Crippen LogP contribution in [-0.2, 0) is 20.7 Å². The quantitative estimate of drug-likeness (QED) is 0.590. The summed E-state index contributed by atoms with van der Waals surface area (Å²) in [7, 11) is 2.83. The molecule has 2 aromatic heterocycles. The number of methoxy groups -OCH3 is 1. The molecule has 0 saturated carbocycles. The van der Waals surface area contributed by atoms with Crippen molar-refractivity contribution in [1.82, 2.24) is 14.9 Å². The number of aromatic nitrogens is 2. The Bertz CT molecular complexity index is 721. The van der Waals surface area contributed by atoms with Crippen molar-refractivity contribution in [2.24, 2.45) is 0 Å². The fourth-order valence-corrected chi connectivity index (χ4v) is 3.22. The number of likely N-dealkylation sites (N-methyl/N-ethyl adjacent to an activating group) is 1. The van der Waals surface area contributed by atoms with Crippen LogP contribution >= 0.6 is 22.7 Å². The normalized spacial score (nSPS) is 10.9. The minimum absolute atomic E-state index is 0.0827. The molecule has 0 bridgehead atoms. The van der Waals surface area contributed by atoms with E-state index >= 15 is 0 Å². The summed E-state index contributed by atoms with van der Waals surface area (Å²) in [4.78, 5) is 33.2. The van der Waals surface area contributed by atoms with Crippen molar-refractivity contribution in [3.63, 3.8) is 0 Å². The Kier molecular flexibility index (Phi) is 6.00. The third-order valence-electron chi connectivity index (χ3n) is 2.96. The predicted molar refractivity (Wildman–Crippen MR) is 91.3 cm³/mol. The zero-order chi connectivity index (χ0) is 16.8. The minimum atomic E-state index is -0.458. The molecule has 0 aromatic carbocycles.